The molecule has 3 rings (SSSR count). The third-order valence-corrected chi connectivity index (χ3v) is 5.76. The van der Waals surface area contributed by atoms with E-state index in [9.17, 15) is 21.6 Å². The Kier molecular flexibility index (Phi) is 4.86. The molecule has 2 aromatic carbocycles. The van der Waals surface area contributed by atoms with Gasteiger partial charge in [0.1, 0.15) is 17.5 Å². The van der Waals surface area contributed by atoms with E-state index in [0.717, 1.165) is 18.2 Å². The summed E-state index contributed by atoms with van der Waals surface area (Å²) in [6.07, 6.45) is 0.341. The van der Waals surface area contributed by atoms with Crippen LogP contribution in [0.5, 0.6) is 0 Å². The molecule has 1 fully saturated rings. The van der Waals surface area contributed by atoms with Crippen LogP contribution in [0.2, 0.25) is 0 Å². The highest BCUT2D eigenvalue weighted by molar-refractivity contribution is 7.89. The van der Waals surface area contributed by atoms with Gasteiger partial charge in [0, 0.05) is 24.8 Å². The van der Waals surface area contributed by atoms with Crippen LogP contribution in [0.25, 0.3) is 0 Å². The summed E-state index contributed by atoms with van der Waals surface area (Å²) in [4.78, 5) is -0.263. The topological polar surface area (TPSA) is 55.4 Å². The molecule has 4 nitrogen and oxygen atoms in total. The fourth-order valence-electron chi connectivity index (χ4n) is 2.97. The van der Waals surface area contributed by atoms with E-state index in [-0.39, 0.29) is 36.5 Å². The van der Waals surface area contributed by atoms with E-state index in [0.29, 0.717) is 6.07 Å². The molecule has 1 aliphatic rings. The summed E-state index contributed by atoms with van der Waals surface area (Å²) in [6, 6.07) is 7.55. The van der Waals surface area contributed by atoms with Crippen LogP contribution in [-0.2, 0) is 20.3 Å². The van der Waals surface area contributed by atoms with Gasteiger partial charge in [-0.3, -0.25) is 0 Å². The summed E-state index contributed by atoms with van der Waals surface area (Å²) < 4.78 is 74.1. The van der Waals surface area contributed by atoms with Crippen molar-refractivity contribution in [2.75, 3.05) is 13.2 Å². The van der Waals surface area contributed by atoms with Crippen molar-refractivity contribution >= 4 is 10.0 Å². The quantitative estimate of drug-likeness (QED) is 0.899. The van der Waals surface area contributed by atoms with Crippen molar-refractivity contribution in [2.45, 2.75) is 23.3 Å². The summed E-state index contributed by atoms with van der Waals surface area (Å²) >= 11 is 0. The van der Waals surface area contributed by atoms with Gasteiger partial charge < -0.3 is 4.74 Å². The van der Waals surface area contributed by atoms with Gasteiger partial charge in [-0.2, -0.15) is 0 Å². The van der Waals surface area contributed by atoms with Crippen molar-refractivity contribution < 1.29 is 26.3 Å². The molecule has 1 heterocycles. The second-order valence-electron chi connectivity index (χ2n) is 5.88. The zero-order chi connectivity index (χ0) is 18.1. The number of ether oxygens (including phenoxy) is 1. The maximum atomic E-state index is 14.3. The molecule has 0 radical (unpaired) electrons. The Bertz CT molecular complexity index is 880. The van der Waals surface area contributed by atoms with Gasteiger partial charge >= 0.3 is 0 Å². The lowest BCUT2D eigenvalue weighted by atomic mass is 9.83. The maximum Gasteiger partial charge on any atom is 0.241 e. The molecule has 0 aromatic heterocycles. The first-order chi connectivity index (χ1) is 11.8. The Hall–Kier alpha value is -1.90. The van der Waals surface area contributed by atoms with Crippen LogP contribution in [0.3, 0.4) is 0 Å². The molecule has 8 heteroatoms. The zero-order valence-corrected chi connectivity index (χ0v) is 14.0. The number of halogens is 3. The second kappa shape index (κ2) is 6.78. The van der Waals surface area contributed by atoms with E-state index >= 15 is 0 Å². The Morgan fingerprint density at radius 3 is 2.28 bits per heavy atom. The second-order valence-corrected chi connectivity index (χ2v) is 7.56. The highest BCUT2D eigenvalue weighted by atomic mass is 32.2. The van der Waals surface area contributed by atoms with Gasteiger partial charge in [0.05, 0.1) is 10.4 Å². The summed E-state index contributed by atoms with van der Waals surface area (Å²) in [5.74, 6) is -2.29. The largest absolute Gasteiger partial charge is 0.381 e. The average molecular weight is 371 g/mol. The SMILES string of the molecule is O=S(=O)(NC1(c2ccc(F)cc2F)CCOCC1)c1cccc(F)c1. The molecule has 2 aromatic rings. The van der Waals surface area contributed by atoms with Crippen molar-refractivity contribution in [1.29, 1.82) is 0 Å². The normalized spacial score (nSPS) is 17.4. The summed E-state index contributed by atoms with van der Waals surface area (Å²) in [7, 11) is -4.12. The number of sulfonamides is 1. The van der Waals surface area contributed by atoms with Gasteiger partial charge in [0.2, 0.25) is 10.0 Å². The van der Waals surface area contributed by atoms with Crippen molar-refractivity contribution in [3.05, 3.63) is 65.5 Å². The van der Waals surface area contributed by atoms with E-state index in [1.54, 1.807) is 0 Å². The van der Waals surface area contributed by atoms with Crippen molar-refractivity contribution in [3.8, 4) is 0 Å². The van der Waals surface area contributed by atoms with Crippen molar-refractivity contribution in [1.82, 2.24) is 4.72 Å². The Balaban J connectivity index is 2.04. The average Bonchev–Trinajstić information content (AvgIpc) is 2.55. The molecule has 0 spiro atoms. The zero-order valence-electron chi connectivity index (χ0n) is 13.1. The van der Waals surface area contributed by atoms with Gasteiger partial charge in [-0.25, -0.2) is 26.3 Å². The van der Waals surface area contributed by atoms with Gasteiger partial charge in [0.25, 0.3) is 0 Å². The van der Waals surface area contributed by atoms with Crippen molar-refractivity contribution in [3.63, 3.8) is 0 Å². The Morgan fingerprint density at radius 2 is 1.64 bits per heavy atom. The van der Waals surface area contributed by atoms with Gasteiger partial charge in [-0.1, -0.05) is 12.1 Å². The highest BCUT2D eigenvalue weighted by Gasteiger charge is 2.40. The lowest BCUT2D eigenvalue weighted by Gasteiger charge is -2.38. The lowest BCUT2D eigenvalue weighted by Crippen LogP contribution is -2.49. The highest BCUT2D eigenvalue weighted by Crippen LogP contribution is 2.35. The van der Waals surface area contributed by atoms with Crippen molar-refractivity contribution in [2.24, 2.45) is 0 Å². The first-order valence-corrected chi connectivity index (χ1v) is 9.14. The van der Waals surface area contributed by atoms with E-state index < -0.39 is 33.0 Å². The summed E-state index contributed by atoms with van der Waals surface area (Å²) in [5.41, 5.74) is -1.25. The third kappa shape index (κ3) is 3.70. The molecule has 134 valence electrons. The first kappa shape index (κ1) is 17.9. The summed E-state index contributed by atoms with van der Waals surface area (Å²) in [5, 5.41) is 0. The molecule has 0 atom stereocenters. The molecule has 1 N–H and O–H groups in total. The molecule has 0 bridgehead atoms. The fourth-order valence-corrected chi connectivity index (χ4v) is 4.45. The van der Waals surface area contributed by atoms with Crippen LogP contribution in [0.1, 0.15) is 18.4 Å². The molecule has 1 saturated heterocycles. The molecule has 1 aliphatic heterocycles. The van der Waals surface area contributed by atoms with Gasteiger partial charge in [0.15, 0.2) is 0 Å². The molecule has 0 unspecified atom stereocenters. The van der Waals surface area contributed by atoms with E-state index in [1.165, 1.54) is 18.2 Å². The van der Waals surface area contributed by atoms with Gasteiger partial charge in [-0.05, 0) is 37.1 Å². The first-order valence-electron chi connectivity index (χ1n) is 7.65. The van der Waals surface area contributed by atoms with Crippen LogP contribution in [-0.4, -0.2) is 21.6 Å². The van der Waals surface area contributed by atoms with Crippen LogP contribution in [0, 0.1) is 17.5 Å². The molecular weight excluding hydrogens is 355 g/mol. The minimum atomic E-state index is -4.12. The fraction of sp³-hybridized carbons (Fsp3) is 0.294. The Labute approximate surface area is 143 Å². The van der Waals surface area contributed by atoms with E-state index in [1.807, 2.05) is 0 Å². The Morgan fingerprint density at radius 1 is 0.960 bits per heavy atom. The van der Waals surface area contributed by atoms with Crippen LogP contribution in [0.15, 0.2) is 47.4 Å². The molecule has 0 amide bonds. The number of benzene rings is 2. The predicted octanol–water partition coefficient (Wildman–Crippen LogP) is 3.09. The van der Waals surface area contributed by atoms with Crippen LogP contribution in [0.4, 0.5) is 13.2 Å². The van der Waals surface area contributed by atoms with E-state index in [2.05, 4.69) is 4.72 Å². The maximum absolute atomic E-state index is 14.3. The minimum Gasteiger partial charge on any atom is -0.381 e. The number of hydrogen-bond donors (Lipinski definition) is 1. The standard InChI is InChI=1S/C17H16F3NO3S/c18-12-2-1-3-14(10-12)25(22,23)21-17(6-8-24-9-7-17)15-5-4-13(19)11-16(15)20/h1-5,10-11,21H,6-9H2. The number of hydrogen-bond acceptors (Lipinski definition) is 3. The smallest absolute Gasteiger partial charge is 0.241 e. The molecule has 25 heavy (non-hydrogen) atoms. The van der Waals surface area contributed by atoms with Gasteiger partial charge in [-0.15, -0.1) is 0 Å². The predicted molar refractivity (Wildman–Crippen MR) is 84.8 cm³/mol. The lowest BCUT2D eigenvalue weighted by molar-refractivity contribution is 0.0446. The summed E-state index contributed by atoms with van der Waals surface area (Å²) in [6.45, 7) is 0.422. The van der Waals surface area contributed by atoms with Crippen LogP contribution < -0.4 is 4.72 Å². The molecule has 0 saturated carbocycles. The molecule has 0 aliphatic carbocycles. The monoisotopic (exact) mass is 371 g/mol. The number of nitrogens with one attached hydrogen (secondary N) is 1. The van der Waals surface area contributed by atoms with Crippen LogP contribution >= 0.6 is 0 Å². The molecular formula is C17H16F3NO3S. The number of rotatable bonds is 4. The van der Waals surface area contributed by atoms with E-state index in [4.69, 9.17) is 4.74 Å². The minimum absolute atomic E-state index is 0.0391. The third-order valence-electron chi connectivity index (χ3n) is 4.23.